The lowest BCUT2D eigenvalue weighted by molar-refractivity contribution is -0.121. The van der Waals surface area contributed by atoms with E-state index in [-0.39, 0.29) is 25.0 Å². The molecule has 1 aliphatic heterocycles. The Hall–Kier alpha value is -4.21. The summed E-state index contributed by atoms with van der Waals surface area (Å²) in [6, 6.07) is 8.24. The first-order chi connectivity index (χ1) is 16.4. The molecule has 0 saturated carbocycles. The van der Waals surface area contributed by atoms with E-state index in [4.69, 9.17) is 23.5 Å². The van der Waals surface area contributed by atoms with Crippen molar-refractivity contribution >= 4 is 23.2 Å². The van der Waals surface area contributed by atoms with Crippen LogP contribution in [-0.4, -0.2) is 44.9 Å². The van der Waals surface area contributed by atoms with E-state index >= 15 is 0 Å². The van der Waals surface area contributed by atoms with Gasteiger partial charge < -0.3 is 33.7 Å². The monoisotopic (exact) mass is 467 g/mol. The number of rotatable bonds is 7. The fourth-order valence-electron chi connectivity index (χ4n) is 3.75. The van der Waals surface area contributed by atoms with E-state index < -0.39 is 0 Å². The van der Waals surface area contributed by atoms with Gasteiger partial charge >= 0.3 is 0 Å². The number of nitrogens with zero attached hydrogens (tertiary/aromatic N) is 2. The van der Waals surface area contributed by atoms with Gasteiger partial charge in [0, 0.05) is 16.8 Å². The highest BCUT2D eigenvalue weighted by atomic mass is 16.5. The number of benzene rings is 2. The maximum Gasteiger partial charge on any atom is 0.265 e. The molecular formula is C24H25N3O7. The summed E-state index contributed by atoms with van der Waals surface area (Å²) in [4.78, 5) is 27.3. The minimum Gasteiger partial charge on any atom is -0.493 e. The molecule has 2 amide bonds. The van der Waals surface area contributed by atoms with Crippen LogP contribution in [-0.2, 0) is 11.3 Å². The Morgan fingerprint density at radius 1 is 1.09 bits per heavy atom. The van der Waals surface area contributed by atoms with Crippen molar-refractivity contribution in [2.45, 2.75) is 20.4 Å². The van der Waals surface area contributed by atoms with Crippen molar-refractivity contribution in [3.8, 4) is 23.0 Å². The van der Waals surface area contributed by atoms with Crippen LogP contribution < -0.4 is 29.2 Å². The van der Waals surface area contributed by atoms with Crippen LogP contribution in [0.15, 0.2) is 34.9 Å². The van der Waals surface area contributed by atoms with E-state index in [0.29, 0.717) is 51.4 Å². The Bertz CT molecular complexity index is 1210. The molecule has 1 aliphatic rings. The van der Waals surface area contributed by atoms with Gasteiger partial charge in [-0.2, -0.15) is 0 Å². The molecule has 0 spiro atoms. The van der Waals surface area contributed by atoms with Crippen molar-refractivity contribution in [2.24, 2.45) is 0 Å². The van der Waals surface area contributed by atoms with E-state index in [1.807, 2.05) is 6.92 Å². The SMILES string of the molecule is COc1cc(C(=O)Nc2ccc3c(c2)N(Cc2c(C)noc2C)C(=O)CO3)cc(OC)c1OC. The third kappa shape index (κ3) is 4.21. The molecule has 178 valence electrons. The number of aromatic nitrogens is 1. The number of hydrogen-bond acceptors (Lipinski definition) is 8. The molecule has 0 fully saturated rings. The van der Waals surface area contributed by atoms with Crippen LogP contribution in [0.5, 0.6) is 23.0 Å². The summed E-state index contributed by atoms with van der Waals surface area (Å²) in [7, 11) is 4.45. The molecule has 0 saturated heterocycles. The Morgan fingerprint density at radius 2 is 1.79 bits per heavy atom. The molecule has 0 radical (unpaired) electrons. The van der Waals surface area contributed by atoms with Gasteiger partial charge in [0.25, 0.3) is 11.8 Å². The second-order valence-electron chi connectivity index (χ2n) is 7.62. The number of hydrogen-bond donors (Lipinski definition) is 1. The van der Waals surface area contributed by atoms with Gasteiger partial charge in [0.05, 0.1) is 39.3 Å². The third-order valence-electron chi connectivity index (χ3n) is 5.58. The van der Waals surface area contributed by atoms with Gasteiger partial charge in [-0.1, -0.05) is 5.16 Å². The molecule has 10 heteroatoms. The van der Waals surface area contributed by atoms with E-state index in [0.717, 1.165) is 5.56 Å². The molecule has 2 aromatic carbocycles. The highest BCUT2D eigenvalue weighted by Gasteiger charge is 2.28. The van der Waals surface area contributed by atoms with Gasteiger partial charge in [0.2, 0.25) is 5.75 Å². The minimum absolute atomic E-state index is 0.0759. The summed E-state index contributed by atoms with van der Waals surface area (Å²) in [6.07, 6.45) is 0. The number of amides is 2. The largest absolute Gasteiger partial charge is 0.493 e. The van der Waals surface area contributed by atoms with Crippen LogP contribution in [0.2, 0.25) is 0 Å². The number of anilines is 2. The first-order valence-electron chi connectivity index (χ1n) is 10.5. The topological polar surface area (TPSA) is 112 Å². The molecule has 0 unspecified atom stereocenters. The molecular weight excluding hydrogens is 442 g/mol. The Balaban J connectivity index is 1.63. The number of carbonyl (C=O) groups is 2. The lowest BCUT2D eigenvalue weighted by Gasteiger charge is -2.29. The third-order valence-corrected chi connectivity index (χ3v) is 5.58. The summed E-state index contributed by atoms with van der Waals surface area (Å²) in [5.74, 6) is 1.70. The number of aryl methyl sites for hydroxylation is 2. The quantitative estimate of drug-likeness (QED) is 0.562. The number of ether oxygens (including phenoxy) is 4. The molecule has 3 aromatic rings. The van der Waals surface area contributed by atoms with Crippen molar-refractivity contribution in [3.63, 3.8) is 0 Å². The highest BCUT2D eigenvalue weighted by molar-refractivity contribution is 6.06. The van der Waals surface area contributed by atoms with E-state index in [9.17, 15) is 9.59 Å². The zero-order valence-electron chi connectivity index (χ0n) is 19.6. The maximum absolute atomic E-state index is 13.0. The highest BCUT2D eigenvalue weighted by Crippen LogP contribution is 2.39. The number of carbonyl (C=O) groups excluding carboxylic acids is 2. The second-order valence-corrected chi connectivity index (χ2v) is 7.62. The predicted octanol–water partition coefficient (Wildman–Crippen LogP) is 3.50. The Kier molecular flexibility index (Phi) is 6.31. The summed E-state index contributed by atoms with van der Waals surface area (Å²) in [5, 5.41) is 6.81. The van der Waals surface area contributed by atoms with Crippen molar-refractivity contribution in [1.82, 2.24) is 5.16 Å². The lowest BCUT2D eigenvalue weighted by Crippen LogP contribution is -2.38. The maximum atomic E-state index is 13.0. The normalized spacial score (nSPS) is 12.6. The molecule has 1 aromatic heterocycles. The summed E-state index contributed by atoms with van der Waals surface area (Å²) >= 11 is 0. The minimum atomic E-state index is -0.389. The molecule has 10 nitrogen and oxygen atoms in total. The number of nitrogens with one attached hydrogen (secondary N) is 1. The fraction of sp³-hybridized carbons (Fsp3) is 0.292. The van der Waals surface area contributed by atoms with Gasteiger partial charge in [-0.05, 0) is 44.2 Å². The first kappa shape index (κ1) is 23.0. The van der Waals surface area contributed by atoms with Gasteiger partial charge in [-0.25, -0.2) is 0 Å². The van der Waals surface area contributed by atoms with Gasteiger partial charge in [-0.3, -0.25) is 9.59 Å². The average molecular weight is 467 g/mol. The molecule has 34 heavy (non-hydrogen) atoms. The predicted molar refractivity (Wildman–Crippen MR) is 123 cm³/mol. The van der Waals surface area contributed by atoms with Crippen molar-refractivity contribution in [1.29, 1.82) is 0 Å². The van der Waals surface area contributed by atoms with Crippen LogP contribution >= 0.6 is 0 Å². The van der Waals surface area contributed by atoms with E-state index in [1.54, 1.807) is 42.2 Å². The van der Waals surface area contributed by atoms with Crippen LogP contribution in [0.1, 0.15) is 27.4 Å². The summed E-state index contributed by atoms with van der Waals surface area (Å²) in [5.41, 5.74) is 2.88. The number of methoxy groups -OCH3 is 3. The zero-order chi connectivity index (χ0) is 24.4. The standard InChI is InChI=1S/C24H25N3O7/c1-13-17(14(2)34-26-13)11-27-18-10-16(6-7-19(18)33-12-22(27)28)25-24(29)15-8-20(30-3)23(32-5)21(9-15)31-4/h6-10H,11-12H2,1-5H3,(H,25,29). The first-order valence-corrected chi connectivity index (χ1v) is 10.5. The lowest BCUT2D eigenvalue weighted by atomic mass is 10.1. The van der Waals surface area contributed by atoms with E-state index in [1.165, 1.54) is 21.3 Å². The average Bonchev–Trinajstić information content (AvgIpc) is 3.16. The Labute approximate surface area is 196 Å². The molecule has 0 atom stereocenters. The van der Waals surface area contributed by atoms with Crippen molar-refractivity contribution in [2.75, 3.05) is 38.2 Å². The van der Waals surface area contributed by atoms with Gasteiger partial charge in [0.1, 0.15) is 11.5 Å². The van der Waals surface area contributed by atoms with Gasteiger partial charge in [0.15, 0.2) is 18.1 Å². The van der Waals surface area contributed by atoms with E-state index in [2.05, 4.69) is 10.5 Å². The van der Waals surface area contributed by atoms with Crippen LogP contribution in [0, 0.1) is 13.8 Å². The van der Waals surface area contributed by atoms with Crippen molar-refractivity contribution in [3.05, 3.63) is 52.9 Å². The molecule has 0 bridgehead atoms. The fourth-order valence-corrected chi connectivity index (χ4v) is 3.75. The van der Waals surface area contributed by atoms with Gasteiger partial charge in [-0.15, -0.1) is 0 Å². The van der Waals surface area contributed by atoms with Crippen LogP contribution in [0.3, 0.4) is 0 Å². The summed E-state index contributed by atoms with van der Waals surface area (Å²) < 4.78 is 26.8. The number of fused-ring (bicyclic) bond motifs is 1. The zero-order valence-corrected chi connectivity index (χ0v) is 19.6. The molecule has 0 aliphatic carbocycles. The molecule has 4 rings (SSSR count). The molecule has 1 N–H and O–H groups in total. The van der Waals surface area contributed by atoms with Crippen LogP contribution in [0.4, 0.5) is 11.4 Å². The smallest absolute Gasteiger partial charge is 0.265 e. The van der Waals surface area contributed by atoms with Crippen molar-refractivity contribution < 1.29 is 33.1 Å². The Morgan fingerprint density at radius 3 is 2.38 bits per heavy atom. The van der Waals surface area contributed by atoms with Crippen LogP contribution in [0.25, 0.3) is 0 Å². The summed E-state index contributed by atoms with van der Waals surface area (Å²) in [6.45, 7) is 3.83. The second kappa shape index (κ2) is 9.34. The molecule has 2 heterocycles.